The Hall–Kier alpha value is -3.58. The third kappa shape index (κ3) is 5.48. The van der Waals surface area contributed by atoms with E-state index < -0.39 is 0 Å². The summed E-state index contributed by atoms with van der Waals surface area (Å²) in [5.74, 6) is 2.07. The van der Waals surface area contributed by atoms with Gasteiger partial charge >= 0.3 is 0 Å². The standard InChI is InChI=1S/C27H27FN4O2/c1-19-8-9-23(16-29-19)26-30-27(34-31-26)22-5-3-7-25(15-22)33-18-20-10-12-32(13-11-20)17-21-4-2-6-24(28)14-21/h2-9,14-16,20H,10-13,17-18H2,1H3. The zero-order valence-corrected chi connectivity index (χ0v) is 19.2. The van der Waals surface area contributed by atoms with Gasteiger partial charge in [0, 0.05) is 29.6 Å². The number of hydrogen-bond acceptors (Lipinski definition) is 6. The molecule has 174 valence electrons. The number of hydrogen-bond donors (Lipinski definition) is 0. The summed E-state index contributed by atoms with van der Waals surface area (Å²) >= 11 is 0. The van der Waals surface area contributed by atoms with E-state index in [0.717, 1.165) is 60.6 Å². The molecule has 5 rings (SSSR count). The highest BCUT2D eigenvalue weighted by molar-refractivity contribution is 5.60. The Labute approximate surface area is 198 Å². The first-order valence-electron chi connectivity index (χ1n) is 11.6. The lowest BCUT2D eigenvalue weighted by molar-refractivity contribution is 0.136. The Morgan fingerprint density at radius 2 is 1.88 bits per heavy atom. The summed E-state index contributed by atoms with van der Waals surface area (Å²) in [5, 5.41) is 4.09. The van der Waals surface area contributed by atoms with E-state index in [1.54, 1.807) is 18.3 Å². The third-order valence-electron chi connectivity index (χ3n) is 6.16. The van der Waals surface area contributed by atoms with Crippen LogP contribution in [-0.4, -0.2) is 39.7 Å². The average Bonchev–Trinajstić information content (AvgIpc) is 3.35. The second kappa shape index (κ2) is 10.1. The van der Waals surface area contributed by atoms with Crippen LogP contribution in [0.1, 0.15) is 24.1 Å². The van der Waals surface area contributed by atoms with Crippen molar-refractivity contribution >= 4 is 0 Å². The van der Waals surface area contributed by atoms with Crippen LogP contribution in [0.4, 0.5) is 4.39 Å². The highest BCUT2D eigenvalue weighted by Gasteiger charge is 2.20. The van der Waals surface area contributed by atoms with E-state index in [0.29, 0.717) is 24.2 Å². The molecule has 0 aliphatic carbocycles. The topological polar surface area (TPSA) is 64.3 Å². The summed E-state index contributed by atoms with van der Waals surface area (Å²) in [6, 6.07) is 18.5. The van der Waals surface area contributed by atoms with Crippen molar-refractivity contribution in [3.05, 3.63) is 83.9 Å². The van der Waals surface area contributed by atoms with Crippen molar-refractivity contribution in [1.29, 1.82) is 0 Å². The first kappa shape index (κ1) is 22.2. The number of likely N-dealkylation sites (tertiary alicyclic amines) is 1. The van der Waals surface area contributed by atoms with Crippen molar-refractivity contribution < 1.29 is 13.7 Å². The van der Waals surface area contributed by atoms with Gasteiger partial charge in [-0.3, -0.25) is 9.88 Å². The summed E-state index contributed by atoms with van der Waals surface area (Å²) in [6.07, 6.45) is 3.87. The van der Waals surface area contributed by atoms with Gasteiger partial charge < -0.3 is 9.26 Å². The zero-order chi connectivity index (χ0) is 23.3. The monoisotopic (exact) mass is 458 g/mol. The quantitative estimate of drug-likeness (QED) is 0.362. The number of rotatable bonds is 7. The first-order valence-corrected chi connectivity index (χ1v) is 11.6. The molecule has 34 heavy (non-hydrogen) atoms. The molecule has 0 bridgehead atoms. The van der Waals surface area contributed by atoms with Crippen molar-refractivity contribution in [2.75, 3.05) is 19.7 Å². The Bertz CT molecular complexity index is 1230. The molecule has 0 atom stereocenters. The fourth-order valence-electron chi connectivity index (χ4n) is 4.20. The minimum Gasteiger partial charge on any atom is -0.493 e. The number of benzene rings is 2. The Kier molecular flexibility index (Phi) is 6.62. The van der Waals surface area contributed by atoms with E-state index in [-0.39, 0.29) is 5.82 Å². The van der Waals surface area contributed by atoms with Crippen LogP contribution in [0.25, 0.3) is 22.8 Å². The van der Waals surface area contributed by atoms with E-state index in [1.165, 1.54) is 6.07 Å². The normalized spacial score (nSPS) is 14.9. The minimum atomic E-state index is -0.174. The van der Waals surface area contributed by atoms with Crippen LogP contribution in [-0.2, 0) is 6.54 Å². The maximum absolute atomic E-state index is 13.4. The van der Waals surface area contributed by atoms with Gasteiger partial charge in [0.15, 0.2) is 0 Å². The lowest BCUT2D eigenvalue weighted by Crippen LogP contribution is -2.35. The zero-order valence-electron chi connectivity index (χ0n) is 19.2. The van der Waals surface area contributed by atoms with Gasteiger partial charge in [0.2, 0.25) is 5.82 Å². The van der Waals surface area contributed by atoms with Crippen molar-refractivity contribution in [1.82, 2.24) is 20.0 Å². The summed E-state index contributed by atoms with van der Waals surface area (Å²) in [5.41, 5.74) is 3.60. The van der Waals surface area contributed by atoms with Crippen LogP contribution in [0, 0.1) is 18.7 Å². The van der Waals surface area contributed by atoms with E-state index in [9.17, 15) is 4.39 Å². The maximum atomic E-state index is 13.4. The molecule has 0 amide bonds. The Morgan fingerprint density at radius 1 is 1.03 bits per heavy atom. The van der Waals surface area contributed by atoms with Gasteiger partial charge in [0.1, 0.15) is 11.6 Å². The molecule has 0 radical (unpaired) electrons. The van der Waals surface area contributed by atoms with Gasteiger partial charge in [0.05, 0.1) is 6.61 Å². The second-order valence-corrected chi connectivity index (χ2v) is 8.80. The third-order valence-corrected chi connectivity index (χ3v) is 6.16. The van der Waals surface area contributed by atoms with Crippen LogP contribution in [0.2, 0.25) is 0 Å². The van der Waals surface area contributed by atoms with Crippen LogP contribution in [0.15, 0.2) is 71.4 Å². The van der Waals surface area contributed by atoms with E-state index in [4.69, 9.17) is 9.26 Å². The minimum absolute atomic E-state index is 0.174. The predicted octanol–water partition coefficient (Wildman–Crippen LogP) is 5.54. The molecule has 2 aromatic carbocycles. The SMILES string of the molecule is Cc1ccc(-c2noc(-c3cccc(OCC4CCN(Cc5cccc(F)c5)CC4)c3)n2)cn1. The van der Waals surface area contributed by atoms with Gasteiger partial charge in [-0.2, -0.15) is 4.98 Å². The lowest BCUT2D eigenvalue weighted by atomic mass is 9.97. The molecule has 1 aliphatic heterocycles. The molecule has 7 heteroatoms. The summed E-state index contributed by atoms with van der Waals surface area (Å²) in [7, 11) is 0. The largest absolute Gasteiger partial charge is 0.493 e. The highest BCUT2D eigenvalue weighted by atomic mass is 19.1. The molecule has 6 nitrogen and oxygen atoms in total. The molecule has 4 aromatic rings. The maximum Gasteiger partial charge on any atom is 0.258 e. The smallest absolute Gasteiger partial charge is 0.258 e. The van der Waals surface area contributed by atoms with Gasteiger partial charge in [-0.05, 0) is 86.8 Å². The second-order valence-electron chi connectivity index (χ2n) is 8.80. The van der Waals surface area contributed by atoms with E-state index in [1.807, 2.05) is 49.4 Å². The van der Waals surface area contributed by atoms with E-state index in [2.05, 4.69) is 20.0 Å². The molecule has 1 aliphatic rings. The number of pyridine rings is 1. The predicted molar refractivity (Wildman–Crippen MR) is 128 cm³/mol. The number of aromatic nitrogens is 3. The first-order chi connectivity index (χ1) is 16.6. The van der Waals surface area contributed by atoms with Crippen molar-refractivity contribution in [2.45, 2.75) is 26.3 Å². The highest BCUT2D eigenvalue weighted by Crippen LogP contribution is 2.26. The fourth-order valence-corrected chi connectivity index (χ4v) is 4.20. The number of ether oxygens (including phenoxy) is 1. The molecule has 1 saturated heterocycles. The molecule has 0 N–H and O–H groups in total. The molecule has 1 fully saturated rings. The summed E-state index contributed by atoms with van der Waals surface area (Å²) < 4.78 is 25.0. The van der Waals surface area contributed by atoms with E-state index >= 15 is 0 Å². The number of piperidine rings is 1. The molecule has 3 heterocycles. The molecule has 0 saturated carbocycles. The average molecular weight is 459 g/mol. The van der Waals surface area contributed by atoms with Gasteiger partial charge in [-0.25, -0.2) is 4.39 Å². The molecule has 2 aromatic heterocycles. The van der Waals surface area contributed by atoms with Crippen LogP contribution in [0.3, 0.4) is 0 Å². The molecule has 0 unspecified atom stereocenters. The van der Waals surface area contributed by atoms with Crippen molar-refractivity contribution in [2.24, 2.45) is 5.92 Å². The van der Waals surface area contributed by atoms with Gasteiger partial charge in [0.25, 0.3) is 5.89 Å². The molecular weight excluding hydrogens is 431 g/mol. The summed E-state index contributed by atoms with van der Waals surface area (Å²) in [4.78, 5) is 11.2. The van der Waals surface area contributed by atoms with Crippen LogP contribution < -0.4 is 4.74 Å². The fraction of sp³-hybridized carbons (Fsp3) is 0.296. The van der Waals surface area contributed by atoms with Crippen molar-refractivity contribution in [3.63, 3.8) is 0 Å². The molecule has 0 spiro atoms. The van der Waals surface area contributed by atoms with Gasteiger partial charge in [-0.15, -0.1) is 0 Å². The number of aryl methyl sites for hydroxylation is 1. The van der Waals surface area contributed by atoms with Gasteiger partial charge in [-0.1, -0.05) is 23.4 Å². The van der Waals surface area contributed by atoms with Crippen LogP contribution in [0.5, 0.6) is 5.75 Å². The lowest BCUT2D eigenvalue weighted by Gasteiger charge is -2.31. The van der Waals surface area contributed by atoms with Crippen LogP contribution >= 0.6 is 0 Å². The number of halogens is 1. The van der Waals surface area contributed by atoms with Crippen molar-refractivity contribution in [3.8, 4) is 28.6 Å². The Morgan fingerprint density at radius 3 is 2.68 bits per heavy atom. The number of nitrogens with zero attached hydrogens (tertiary/aromatic N) is 4. The molecular formula is C27H27FN4O2. The summed E-state index contributed by atoms with van der Waals surface area (Å²) in [6.45, 7) is 5.37. The Balaban J connectivity index is 1.14.